The van der Waals surface area contributed by atoms with Crippen molar-refractivity contribution < 1.29 is 23.2 Å². The third kappa shape index (κ3) is 4.35. The molecule has 0 aliphatic heterocycles. The number of benzene rings is 1. The van der Waals surface area contributed by atoms with Gasteiger partial charge in [-0.25, -0.2) is 8.78 Å². The van der Waals surface area contributed by atoms with Gasteiger partial charge in [0.1, 0.15) is 0 Å². The van der Waals surface area contributed by atoms with E-state index in [4.69, 9.17) is 9.63 Å². The summed E-state index contributed by atoms with van der Waals surface area (Å²) in [5, 5.41) is 12.6. The molecule has 1 aromatic carbocycles. The molecule has 2 aromatic rings. The minimum Gasteiger partial charge on any atom is -0.480 e. The van der Waals surface area contributed by atoms with Crippen LogP contribution >= 0.6 is 0 Å². The summed E-state index contributed by atoms with van der Waals surface area (Å²) in [7, 11) is 0. The van der Waals surface area contributed by atoms with Crippen molar-refractivity contribution in [2.24, 2.45) is 0 Å². The monoisotopic (exact) mass is 296 g/mol. The lowest BCUT2D eigenvalue weighted by Crippen LogP contribution is -2.28. The molecule has 21 heavy (non-hydrogen) atoms. The molecular weight excluding hydrogens is 282 g/mol. The molecule has 1 heterocycles. The van der Waals surface area contributed by atoms with E-state index in [1.54, 1.807) is 13.0 Å². The molecule has 0 amide bonds. The minimum absolute atomic E-state index is 0.156. The SMILES string of the molecule is Cc1cc(CN(CC(=O)O)Cc2ccc(F)c(F)c2)on1. The van der Waals surface area contributed by atoms with Gasteiger partial charge in [-0.1, -0.05) is 11.2 Å². The smallest absolute Gasteiger partial charge is 0.317 e. The number of carbonyl (C=O) groups is 1. The Morgan fingerprint density at radius 2 is 2.05 bits per heavy atom. The van der Waals surface area contributed by atoms with Gasteiger partial charge in [-0.3, -0.25) is 9.69 Å². The van der Waals surface area contributed by atoms with Crippen LogP contribution in [-0.4, -0.2) is 27.7 Å². The van der Waals surface area contributed by atoms with Gasteiger partial charge in [-0.2, -0.15) is 0 Å². The summed E-state index contributed by atoms with van der Waals surface area (Å²) < 4.78 is 31.1. The minimum atomic E-state index is -1.02. The first-order chi connectivity index (χ1) is 9.94. The van der Waals surface area contributed by atoms with Crippen molar-refractivity contribution in [2.75, 3.05) is 6.54 Å². The highest BCUT2D eigenvalue weighted by Crippen LogP contribution is 2.13. The van der Waals surface area contributed by atoms with Gasteiger partial charge >= 0.3 is 5.97 Å². The predicted octanol–water partition coefficient (Wildman–Crippen LogP) is 2.35. The molecule has 1 aromatic heterocycles. The van der Waals surface area contributed by atoms with Gasteiger partial charge in [-0.15, -0.1) is 0 Å². The molecular formula is C14H14F2N2O3. The van der Waals surface area contributed by atoms with Crippen molar-refractivity contribution in [1.82, 2.24) is 10.1 Å². The Labute approximate surface area is 119 Å². The van der Waals surface area contributed by atoms with Crippen LogP contribution in [0.3, 0.4) is 0 Å². The molecule has 0 unspecified atom stereocenters. The lowest BCUT2D eigenvalue weighted by Gasteiger charge is -2.18. The number of nitrogens with zero attached hydrogens (tertiary/aromatic N) is 2. The first kappa shape index (κ1) is 15.1. The summed E-state index contributed by atoms with van der Waals surface area (Å²) in [5.74, 6) is -2.40. The van der Waals surface area contributed by atoms with E-state index in [2.05, 4.69) is 5.16 Å². The molecule has 0 saturated carbocycles. The Kier molecular flexibility index (Phi) is 4.64. The number of aryl methyl sites for hydroxylation is 1. The van der Waals surface area contributed by atoms with E-state index in [0.29, 0.717) is 17.0 Å². The molecule has 0 saturated heterocycles. The predicted molar refractivity (Wildman–Crippen MR) is 69.3 cm³/mol. The number of carboxylic acid groups (broad SMARTS) is 1. The summed E-state index contributed by atoms with van der Waals surface area (Å²) in [6.45, 7) is 1.87. The van der Waals surface area contributed by atoms with Crippen molar-refractivity contribution >= 4 is 5.97 Å². The molecule has 0 aliphatic carbocycles. The van der Waals surface area contributed by atoms with E-state index in [-0.39, 0.29) is 19.6 Å². The van der Waals surface area contributed by atoms with Crippen LogP contribution in [0.5, 0.6) is 0 Å². The molecule has 1 N–H and O–H groups in total. The Morgan fingerprint density at radius 1 is 1.29 bits per heavy atom. The summed E-state index contributed by atoms with van der Waals surface area (Å²) in [6.07, 6.45) is 0. The number of rotatable bonds is 6. The van der Waals surface area contributed by atoms with Crippen LogP contribution in [0.25, 0.3) is 0 Å². The highest BCUT2D eigenvalue weighted by molar-refractivity contribution is 5.69. The molecule has 2 rings (SSSR count). The quantitative estimate of drug-likeness (QED) is 0.886. The first-order valence-corrected chi connectivity index (χ1v) is 6.24. The standard InChI is InChI=1S/C14H14F2N2O3/c1-9-4-11(21-17-9)7-18(8-14(19)20)6-10-2-3-12(15)13(16)5-10/h2-5H,6-8H2,1H3,(H,19,20). The fraction of sp³-hybridized carbons (Fsp3) is 0.286. The molecule has 0 aliphatic rings. The van der Waals surface area contributed by atoms with Crippen molar-refractivity contribution in [3.63, 3.8) is 0 Å². The average Bonchev–Trinajstić information content (AvgIpc) is 2.78. The summed E-state index contributed by atoms with van der Waals surface area (Å²) >= 11 is 0. The van der Waals surface area contributed by atoms with E-state index in [1.807, 2.05) is 0 Å². The largest absolute Gasteiger partial charge is 0.480 e. The number of hydrogen-bond acceptors (Lipinski definition) is 4. The molecule has 112 valence electrons. The summed E-state index contributed by atoms with van der Waals surface area (Å²) in [5.41, 5.74) is 1.17. The van der Waals surface area contributed by atoms with Gasteiger partial charge in [0.05, 0.1) is 18.8 Å². The van der Waals surface area contributed by atoms with Crippen LogP contribution in [0, 0.1) is 18.6 Å². The molecule has 0 radical (unpaired) electrons. The highest BCUT2D eigenvalue weighted by atomic mass is 19.2. The van der Waals surface area contributed by atoms with Gasteiger partial charge in [-0.05, 0) is 24.6 Å². The second-order valence-corrected chi connectivity index (χ2v) is 4.72. The average molecular weight is 296 g/mol. The Hall–Kier alpha value is -2.28. The number of aromatic nitrogens is 1. The van der Waals surface area contributed by atoms with E-state index in [0.717, 1.165) is 12.1 Å². The molecule has 0 atom stereocenters. The zero-order valence-electron chi connectivity index (χ0n) is 11.3. The number of halogens is 2. The third-order valence-corrected chi connectivity index (χ3v) is 2.81. The van der Waals surface area contributed by atoms with Gasteiger partial charge in [0.25, 0.3) is 0 Å². The summed E-state index contributed by atoms with van der Waals surface area (Å²) in [6, 6.07) is 5.18. The van der Waals surface area contributed by atoms with Crippen molar-refractivity contribution in [1.29, 1.82) is 0 Å². The van der Waals surface area contributed by atoms with Gasteiger partial charge in [0.2, 0.25) is 0 Å². The number of aliphatic carboxylic acids is 1. The Bertz CT molecular complexity index is 643. The van der Waals surface area contributed by atoms with Crippen molar-refractivity contribution in [2.45, 2.75) is 20.0 Å². The molecule has 0 bridgehead atoms. The van der Waals surface area contributed by atoms with Crippen LogP contribution in [0.1, 0.15) is 17.0 Å². The molecule has 7 heteroatoms. The van der Waals surface area contributed by atoms with Crippen LogP contribution in [-0.2, 0) is 17.9 Å². The van der Waals surface area contributed by atoms with E-state index in [9.17, 15) is 13.6 Å². The second kappa shape index (κ2) is 6.45. The highest BCUT2D eigenvalue weighted by Gasteiger charge is 2.14. The van der Waals surface area contributed by atoms with Gasteiger partial charge in [0, 0.05) is 12.6 Å². The lowest BCUT2D eigenvalue weighted by atomic mass is 10.2. The van der Waals surface area contributed by atoms with Crippen LogP contribution in [0.2, 0.25) is 0 Å². The maximum absolute atomic E-state index is 13.2. The van der Waals surface area contributed by atoms with Gasteiger partial charge < -0.3 is 9.63 Å². The van der Waals surface area contributed by atoms with E-state index < -0.39 is 17.6 Å². The lowest BCUT2D eigenvalue weighted by molar-refractivity contribution is -0.138. The second-order valence-electron chi connectivity index (χ2n) is 4.72. The molecule has 0 spiro atoms. The van der Waals surface area contributed by atoms with Crippen LogP contribution < -0.4 is 0 Å². The van der Waals surface area contributed by atoms with Crippen molar-refractivity contribution in [3.05, 3.63) is 52.9 Å². The first-order valence-electron chi connectivity index (χ1n) is 6.24. The van der Waals surface area contributed by atoms with Crippen molar-refractivity contribution in [3.8, 4) is 0 Å². The van der Waals surface area contributed by atoms with Gasteiger partial charge in [0.15, 0.2) is 17.4 Å². The maximum atomic E-state index is 13.2. The zero-order chi connectivity index (χ0) is 15.4. The molecule has 0 fully saturated rings. The topological polar surface area (TPSA) is 66.6 Å². The Morgan fingerprint density at radius 3 is 2.62 bits per heavy atom. The number of hydrogen-bond donors (Lipinski definition) is 1. The fourth-order valence-electron chi connectivity index (χ4n) is 1.97. The fourth-order valence-corrected chi connectivity index (χ4v) is 1.97. The maximum Gasteiger partial charge on any atom is 0.317 e. The molecule has 5 nitrogen and oxygen atoms in total. The summed E-state index contributed by atoms with van der Waals surface area (Å²) in [4.78, 5) is 12.4. The van der Waals surface area contributed by atoms with Crippen LogP contribution in [0.4, 0.5) is 8.78 Å². The zero-order valence-corrected chi connectivity index (χ0v) is 11.3. The van der Waals surface area contributed by atoms with E-state index >= 15 is 0 Å². The van der Waals surface area contributed by atoms with Crippen LogP contribution in [0.15, 0.2) is 28.8 Å². The Balaban J connectivity index is 2.11. The number of carboxylic acids is 1. The van der Waals surface area contributed by atoms with E-state index in [1.165, 1.54) is 11.0 Å². The third-order valence-electron chi connectivity index (χ3n) is 2.81. The normalized spacial score (nSPS) is 11.0.